The van der Waals surface area contributed by atoms with Crippen molar-refractivity contribution in [3.63, 3.8) is 0 Å². The van der Waals surface area contributed by atoms with Crippen molar-refractivity contribution in [1.82, 2.24) is 10.2 Å². The molecule has 0 saturated carbocycles. The first kappa shape index (κ1) is 15.0. The van der Waals surface area contributed by atoms with Crippen LogP contribution in [0.1, 0.15) is 48.8 Å². The lowest BCUT2D eigenvalue weighted by atomic mass is 10.1. The molecule has 20 heavy (non-hydrogen) atoms. The quantitative estimate of drug-likeness (QED) is 0.585. The van der Waals surface area contributed by atoms with E-state index in [0.717, 1.165) is 44.6 Å². The van der Waals surface area contributed by atoms with Crippen molar-refractivity contribution in [2.24, 2.45) is 0 Å². The second-order valence-electron chi connectivity index (χ2n) is 5.06. The van der Waals surface area contributed by atoms with Gasteiger partial charge in [0.25, 0.3) is 0 Å². The summed E-state index contributed by atoms with van der Waals surface area (Å²) in [5.41, 5.74) is 1.65. The Hall–Kier alpha value is -1.39. The highest BCUT2D eigenvalue weighted by atomic mass is 16.6. The van der Waals surface area contributed by atoms with Gasteiger partial charge in [-0.25, -0.2) is 4.79 Å². The molecule has 0 amide bonds. The Kier molecular flexibility index (Phi) is 5.56. The van der Waals surface area contributed by atoms with Crippen LogP contribution in [0.4, 0.5) is 0 Å². The normalized spacial score (nSPS) is 17.4. The Labute approximate surface area is 121 Å². The molecule has 1 N–H and O–H groups in total. The topological polar surface area (TPSA) is 41.6 Å². The molecule has 0 aromatic heterocycles. The van der Waals surface area contributed by atoms with Crippen molar-refractivity contribution in [1.29, 1.82) is 0 Å². The molecule has 1 aliphatic heterocycles. The van der Waals surface area contributed by atoms with E-state index in [1.165, 1.54) is 0 Å². The molecule has 1 unspecified atom stereocenters. The van der Waals surface area contributed by atoms with Crippen molar-refractivity contribution in [3.8, 4) is 0 Å². The van der Waals surface area contributed by atoms with Gasteiger partial charge in [0.2, 0.25) is 0 Å². The van der Waals surface area contributed by atoms with E-state index in [0.29, 0.717) is 5.56 Å². The maximum absolute atomic E-state index is 11.7. The lowest BCUT2D eigenvalue weighted by Gasteiger charge is -2.18. The van der Waals surface area contributed by atoms with Gasteiger partial charge in [-0.2, -0.15) is 0 Å². The number of rotatable bonds is 8. The van der Waals surface area contributed by atoms with E-state index in [1.807, 2.05) is 24.3 Å². The second-order valence-corrected chi connectivity index (χ2v) is 5.06. The number of benzene rings is 1. The molecule has 4 nitrogen and oxygen atoms in total. The average Bonchev–Trinajstić information content (AvgIpc) is 2.80. The van der Waals surface area contributed by atoms with Crippen LogP contribution in [0.15, 0.2) is 24.3 Å². The number of esters is 1. The first-order chi connectivity index (χ1) is 9.76. The SMILES string of the molecule is CCN(CC)CCCCNC1OC(=O)c2ccccc21. The Morgan fingerprint density at radius 2 is 1.95 bits per heavy atom. The zero-order chi connectivity index (χ0) is 14.4. The number of ether oxygens (including phenoxy) is 1. The van der Waals surface area contributed by atoms with E-state index in [1.54, 1.807) is 0 Å². The highest BCUT2D eigenvalue weighted by Gasteiger charge is 2.29. The van der Waals surface area contributed by atoms with E-state index in [9.17, 15) is 4.79 Å². The smallest absolute Gasteiger partial charge is 0.340 e. The van der Waals surface area contributed by atoms with Gasteiger partial charge in [0, 0.05) is 5.56 Å². The van der Waals surface area contributed by atoms with Gasteiger partial charge in [-0.3, -0.25) is 5.32 Å². The third kappa shape index (κ3) is 3.58. The van der Waals surface area contributed by atoms with Crippen molar-refractivity contribution in [2.45, 2.75) is 32.9 Å². The minimum absolute atomic E-state index is 0.221. The fourth-order valence-corrected chi connectivity index (χ4v) is 2.53. The lowest BCUT2D eigenvalue weighted by molar-refractivity contribution is 0.0308. The molecule has 0 aliphatic carbocycles. The molecular weight excluding hydrogens is 252 g/mol. The summed E-state index contributed by atoms with van der Waals surface area (Å²) in [5, 5.41) is 3.32. The summed E-state index contributed by atoms with van der Waals surface area (Å²) >= 11 is 0. The zero-order valence-electron chi connectivity index (χ0n) is 12.4. The van der Waals surface area contributed by atoms with Crippen LogP contribution in [0.3, 0.4) is 0 Å². The summed E-state index contributed by atoms with van der Waals surface area (Å²) in [5.74, 6) is -0.221. The number of cyclic esters (lactones) is 1. The highest BCUT2D eigenvalue weighted by molar-refractivity contribution is 5.93. The Morgan fingerprint density at radius 1 is 1.20 bits per heavy atom. The van der Waals surface area contributed by atoms with Gasteiger partial charge in [-0.1, -0.05) is 32.0 Å². The summed E-state index contributed by atoms with van der Waals surface area (Å²) in [6.07, 6.45) is 1.98. The van der Waals surface area contributed by atoms with Gasteiger partial charge >= 0.3 is 5.97 Å². The Balaban J connectivity index is 1.72. The molecule has 1 aromatic carbocycles. The predicted molar refractivity (Wildman–Crippen MR) is 79.6 cm³/mol. The van der Waals surface area contributed by atoms with Gasteiger partial charge in [0.1, 0.15) is 0 Å². The highest BCUT2D eigenvalue weighted by Crippen LogP contribution is 2.27. The molecule has 0 bridgehead atoms. The minimum atomic E-state index is -0.271. The molecule has 2 rings (SSSR count). The van der Waals surface area contributed by atoms with Crippen LogP contribution < -0.4 is 5.32 Å². The number of fused-ring (bicyclic) bond motifs is 1. The van der Waals surface area contributed by atoms with Gasteiger partial charge in [0.05, 0.1) is 5.56 Å². The van der Waals surface area contributed by atoms with Gasteiger partial charge in [-0.05, 0) is 45.1 Å². The van der Waals surface area contributed by atoms with Crippen LogP contribution in [-0.2, 0) is 4.74 Å². The molecule has 1 aromatic rings. The lowest BCUT2D eigenvalue weighted by Crippen LogP contribution is -2.26. The van der Waals surface area contributed by atoms with Crippen LogP contribution in [0.5, 0.6) is 0 Å². The summed E-state index contributed by atoms with van der Waals surface area (Å²) in [6.45, 7) is 8.60. The summed E-state index contributed by atoms with van der Waals surface area (Å²) < 4.78 is 5.34. The first-order valence-electron chi connectivity index (χ1n) is 7.52. The number of nitrogens with one attached hydrogen (secondary N) is 1. The number of carbonyl (C=O) groups is 1. The standard InChI is InChI=1S/C16H24N2O2/c1-3-18(4-2)12-8-7-11-17-15-13-9-5-6-10-14(13)16(19)20-15/h5-6,9-10,15,17H,3-4,7-8,11-12H2,1-2H3. The molecule has 1 atom stereocenters. The van der Waals surface area contributed by atoms with E-state index in [2.05, 4.69) is 24.1 Å². The molecule has 0 radical (unpaired) electrons. The van der Waals surface area contributed by atoms with Crippen LogP contribution in [0, 0.1) is 0 Å². The van der Waals surface area contributed by atoms with E-state index < -0.39 is 0 Å². The average molecular weight is 276 g/mol. The molecular formula is C16H24N2O2. The number of hydrogen-bond donors (Lipinski definition) is 1. The molecule has 0 fully saturated rings. The molecule has 0 saturated heterocycles. The second kappa shape index (κ2) is 7.41. The Morgan fingerprint density at radius 3 is 2.70 bits per heavy atom. The first-order valence-corrected chi connectivity index (χ1v) is 7.52. The van der Waals surface area contributed by atoms with Gasteiger partial charge in [-0.15, -0.1) is 0 Å². The maximum atomic E-state index is 11.7. The molecule has 1 heterocycles. The number of hydrogen-bond acceptors (Lipinski definition) is 4. The van der Waals surface area contributed by atoms with Gasteiger partial charge < -0.3 is 9.64 Å². The zero-order valence-corrected chi connectivity index (χ0v) is 12.4. The summed E-state index contributed by atoms with van der Waals surface area (Å²) in [6, 6.07) is 7.58. The Bertz CT molecular complexity index is 444. The summed E-state index contributed by atoms with van der Waals surface area (Å²) in [7, 11) is 0. The van der Waals surface area contributed by atoms with Crippen molar-refractivity contribution in [2.75, 3.05) is 26.2 Å². The van der Waals surface area contributed by atoms with Crippen molar-refractivity contribution < 1.29 is 9.53 Å². The van der Waals surface area contributed by atoms with Crippen molar-refractivity contribution in [3.05, 3.63) is 35.4 Å². The predicted octanol–water partition coefficient (Wildman–Crippen LogP) is 2.57. The van der Waals surface area contributed by atoms with Crippen LogP contribution in [-0.4, -0.2) is 37.0 Å². The van der Waals surface area contributed by atoms with Crippen LogP contribution in [0.25, 0.3) is 0 Å². The van der Waals surface area contributed by atoms with Crippen LogP contribution in [0.2, 0.25) is 0 Å². The van der Waals surface area contributed by atoms with Crippen LogP contribution >= 0.6 is 0 Å². The number of nitrogens with zero attached hydrogens (tertiary/aromatic N) is 1. The van der Waals surface area contributed by atoms with Gasteiger partial charge in [0.15, 0.2) is 6.23 Å². The third-order valence-electron chi connectivity index (χ3n) is 3.81. The van der Waals surface area contributed by atoms with Crippen molar-refractivity contribution >= 4 is 5.97 Å². The molecule has 1 aliphatic rings. The van der Waals surface area contributed by atoms with E-state index >= 15 is 0 Å². The fraction of sp³-hybridized carbons (Fsp3) is 0.562. The number of carbonyl (C=O) groups excluding carboxylic acids is 1. The fourth-order valence-electron chi connectivity index (χ4n) is 2.53. The molecule has 4 heteroatoms. The summed E-state index contributed by atoms with van der Waals surface area (Å²) in [4.78, 5) is 14.1. The van der Waals surface area contributed by atoms with E-state index in [4.69, 9.17) is 4.74 Å². The largest absolute Gasteiger partial charge is 0.439 e. The number of unbranched alkanes of at least 4 members (excludes halogenated alkanes) is 1. The monoisotopic (exact) mass is 276 g/mol. The minimum Gasteiger partial charge on any atom is -0.439 e. The molecule has 0 spiro atoms. The third-order valence-corrected chi connectivity index (χ3v) is 3.81. The van der Waals surface area contributed by atoms with E-state index in [-0.39, 0.29) is 12.2 Å². The molecule has 110 valence electrons. The maximum Gasteiger partial charge on any atom is 0.340 e.